The summed E-state index contributed by atoms with van der Waals surface area (Å²) in [5.41, 5.74) is 4.78. The number of anilines is 1. The highest BCUT2D eigenvalue weighted by molar-refractivity contribution is 7.99. The molecule has 0 bridgehead atoms. The average Bonchev–Trinajstić information content (AvgIpc) is 2.66. The molecule has 18 heavy (non-hydrogen) atoms. The van der Waals surface area contributed by atoms with Crippen LogP contribution in [0.4, 0.5) is 18.9 Å². The van der Waals surface area contributed by atoms with Gasteiger partial charge in [-0.3, -0.25) is 0 Å². The van der Waals surface area contributed by atoms with Crippen molar-refractivity contribution in [3.05, 3.63) is 30.1 Å². The number of nitrogen functional groups attached to an aromatic ring is 2. The number of aromatic nitrogens is 3. The largest absolute Gasteiger partial charge is 0.416 e. The lowest BCUT2D eigenvalue weighted by Crippen LogP contribution is -2.08. The standard InChI is InChI=1S/C9H8F3N5S/c10-9(11,12)5-1-2-7(6(13)3-5)18-8-16-15-4-17(8)14/h1-4H,13-14H2. The topological polar surface area (TPSA) is 82.8 Å². The number of rotatable bonds is 2. The van der Waals surface area contributed by atoms with Crippen LogP contribution < -0.4 is 11.6 Å². The molecule has 2 rings (SSSR count). The number of halogens is 3. The van der Waals surface area contributed by atoms with Crippen molar-refractivity contribution in [1.82, 2.24) is 14.9 Å². The molecule has 0 radical (unpaired) electrons. The highest BCUT2D eigenvalue weighted by Gasteiger charge is 2.30. The number of hydrogen-bond donors (Lipinski definition) is 2. The van der Waals surface area contributed by atoms with Crippen molar-refractivity contribution < 1.29 is 13.2 Å². The van der Waals surface area contributed by atoms with Gasteiger partial charge in [0.1, 0.15) is 6.33 Å². The number of alkyl halides is 3. The molecular weight excluding hydrogens is 267 g/mol. The Hall–Kier alpha value is -1.90. The molecule has 0 spiro atoms. The number of nitrogens with two attached hydrogens (primary N) is 2. The van der Waals surface area contributed by atoms with Crippen LogP contribution in [0.15, 0.2) is 34.6 Å². The van der Waals surface area contributed by atoms with E-state index in [1.807, 2.05) is 0 Å². The number of benzene rings is 1. The van der Waals surface area contributed by atoms with Crippen molar-refractivity contribution in [3.8, 4) is 0 Å². The van der Waals surface area contributed by atoms with Gasteiger partial charge in [-0.2, -0.15) is 13.2 Å². The highest BCUT2D eigenvalue weighted by Crippen LogP contribution is 2.35. The molecule has 0 amide bonds. The molecule has 0 atom stereocenters. The Bertz CT molecular complexity index is 566. The summed E-state index contributed by atoms with van der Waals surface area (Å²) >= 11 is 1.04. The second kappa shape index (κ2) is 4.41. The maximum absolute atomic E-state index is 12.4. The van der Waals surface area contributed by atoms with Crippen molar-refractivity contribution in [3.63, 3.8) is 0 Å². The molecule has 1 aromatic carbocycles. The van der Waals surface area contributed by atoms with Gasteiger partial charge in [0.05, 0.1) is 5.56 Å². The predicted molar refractivity (Wildman–Crippen MR) is 60.2 cm³/mol. The maximum Gasteiger partial charge on any atom is 0.416 e. The van der Waals surface area contributed by atoms with Crippen LogP contribution in [-0.4, -0.2) is 14.9 Å². The van der Waals surface area contributed by atoms with Gasteiger partial charge >= 0.3 is 6.18 Å². The molecule has 4 N–H and O–H groups in total. The first-order chi connectivity index (χ1) is 8.38. The number of hydrogen-bond acceptors (Lipinski definition) is 5. The van der Waals surface area contributed by atoms with Crippen LogP contribution in [0.3, 0.4) is 0 Å². The second-order valence-corrected chi connectivity index (χ2v) is 4.38. The summed E-state index contributed by atoms with van der Waals surface area (Å²) in [6.45, 7) is 0. The third-order valence-electron chi connectivity index (χ3n) is 2.08. The normalized spacial score (nSPS) is 11.7. The average molecular weight is 275 g/mol. The third kappa shape index (κ3) is 2.50. The zero-order chi connectivity index (χ0) is 13.3. The van der Waals surface area contributed by atoms with E-state index in [-0.39, 0.29) is 5.69 Å². The van der Waals surface area contributed by atoms with E-state index in [0.717, 1.165) is 28.6 Å². The minimum atomic E-state index is -4.41. The molecule has 5 nitrogen and oxygen atoms in total. The third-order valence-corrected chi connectivity index (χ3v) is 3.15. The van der Waals surface area contributed by atoms with Gasteiger partial charge in [-0.05, 0) is 30.0 Å². The van der Waals surface area contributed by atoms with Crippen LogP contribution >= 0.6 is 11.8 Å². The Morgan fingerprint density at radius 3 is 2.50 bits per heavy atom. The zero-order valence-corrected chi connectivity index (χ0v) is 9.66. The van der Waals surface area contributed by atoms with Crippen LogP contribution in [-0.2, 0) is 6.18 Å². The molecule has 2 aromatic rings. The smallest absolute Gasteiger partial charge is 0.398 e. The Morgan fingerprint density at radius 1 is 1.28 bits per heavy atom. The van der Waals surface area contributed by atoms with Crippen LogP contribution in [0.1, 0.15) is 5.56 Å². The molecule has 0 aliphatic carbocycles. The van der Waals surface area contributed by atoms with E-state index in [1.165, 1.54) is 12.4 Å². The van der Waals surface area contributed by atoms with E-state index >= 15 is 0 Å². The van der Waals surface area contributed by atoms with E-state index in [4.69, 9.17) is 11.6 Å². The lowest BCUT2D eigenvalue weighted by atomic mass is 10.2. The van der Waals surface area contributed by atoms with Crippen molar-refractivity contribution in [1.29, 1.82) is 0 Å². The Kier molecular flexibility index (Phi) is 3.07. The van der Waals surface area contributed by atoms with E-state index in [1.54, 1.807) is 0 Å². The van der Waals surface area contributed by atoms with Crippen molar-refractivity contribution in [2.45, 2.75) is 16.2 Å². The zero-order valence-electron chi connectivity index (χ0n) is 8.85. The molecule has 0 aliphatic rings. The first kappa shape index (κ1) is 12.6. The fourth-order valence-electron chi connectivity index (χ4n) is 1.22. The summed E-state index contributed by atoms with van der Waals surface area (Å²) in [7, 11) is 0. The van der Waals surface area contributed by atoms with Crippen molar-refractivity contribution in [2.24, 2.45) is 0 Å². The Morgan fingerprint density at radius 2 is 2.00 bits per heavy atom. The van der Waals surface area contributed by atoms with Crippen molar-refractivity contribution >= 4 is 17.4 Å². The minimum absolute atomic E-state index is 0.0119. The van der Waals surface area contributed by atoms with E-state index in [0.29, 0.717) is 10.1 Å². The molecule has 0 unspecified atom stereocenters. The monoisotopic (exact) mass is 275 g/mol. The lowest BCUT2D eigenvalue weighted by Gasteiger charge is -2.09. The van der Waals surface area contributed by atoms with Crippen LogP contribution in [0.5, 0.6) is 0 Å². The summed E-state index contributed by atoms with van der Waals surface area (Å²) in [6, 6.07) is 3.10. The molecule has 1 aromatic heterocycles. The molecule has 9 heteroatoms. The maximum atomic E-state index is 12.4. The van der Waals surface area contributed by atoms with Gasteiger partial charge in [-0.25, -0.2) is 4.68 Å². The van der Waals surface area contributed by atoms with Gasteiger partial charge in [0.2, 0.25) is 5.16 Å². The fourth-order valence-corrected chi connectivity index (χ4v) is 1.97. The van der Waals surface area contributed by atoms with Gasteiger partial charge in [0, 0.05) is 10.6 Å². The number of nitrogens with zero attached hydrogens (tertiary/aromatic N) is 3. The fraction of sp³-hybridized carbons (Fsp3) is 0.111. The Labute approximate surface area is 104 Å². The molecule has 0 saturated heterocycles. The Balaban J connectivity index is 2.29. The minimum Gasteiger partial charge on any atom is -0.398 e. The van der Waals surface area contributed by atoms with E-state index < -0.39 is 11.7 Å². The highest BCUT2D eigenvalue weighted by atomic mass is 32.2. The van der Waals surface area contributed by atoms with Crippen LogP contribution in [0, 0.1) is 0 Å². The quantitative estimate of drug-likeness (QED) is 0.644. The summed E-state index contributed by atoms with van der Waals surface area (Å²) in [4.78, 5) is 0.433. The summed E-state index contributed by atoms with van der Waals surface area (Å²) in [5, 5.41) is 7.58. The van der Waals surface area contributed by atoms with Gasteiger partial charge in [-0.1, -0.05) is 0 Å². The van der Waals surface area contributed by atoms with Gasteiger partial charge < -0.3 is 11.6 Å². The summed E-state index contributed by atoms with van der Waals surface area (Å²) in [6.07, 6.45) is -3.13. The predicted octanol–water partition coefficient (Wildman–Crippen LogP) is 1.74. The van der Waals surface area contributed by atoms with Crippen molar-refractivity contribution in [2.75, 3.05) is 11.6 Å². The van der Waals surface area contributed by atoms with Crippen LogP contribution in [0.25, 0.3) is 0 Å². The van der Waals surface area contributed by atoms with E-state index in [9.17, 15) is 13.2 Å². The lowest BCUT2D eigenvalue weighted by molar-refractivity contribution is -0.137. The van der Waals surface area contributed by atoms with Gasteiger partial charge in [0.15, 0.2) is 0 Å². The molecule has 0 fully saturated rings. The molecule has 1 heterocycles. The summed E-state index contributed by atoms with van der Waals surface area (Å²) in [5.74, 6) is 5.49. The van der Waals surface area contributed by atoms with Crippen LogP contribution in [0.2, 0.25) is 0 Å². The molecule has 96 valence electrons. The van der Waals surface area contributed by atoms with Gasteiger partial charge in [-0.15, -0.1) is 10.2 Å². The molecule has 0 aliphatic heterocycles. The van der Waals surface area contributed by atoms with Gasteiger partial charge in [0.25, 0.3) is 0 Å². The molecule has 0 saturated carbocycles. The first-order valence-electron chi connectivity index (χ1n) is 4.67. The SMILES string of the molecule is Nc1cc(C(F)(F)F)ccc1Sc1nncn1N. The first-order valence-corrected chi connectivity index (χ1v) is 5.49. The summed E-state index contributed by atoms with van der Waals surface area (Å²) < 4.78 is 38.5. The second-order valence-electron chi connectivity index (χ2n) is 3.37. The van der Waals surface area contributed by atoms with E-state index in [2.05, 4.69) is 10.2 Å². The molecular formula is C9H8F3N5S.